The van der Waals surface area contributed by atoms with Gasteiger partial charge in [-0.05, 0) is 13.2 Å². The molecule has 0 saturated carbocycles. The molecule has 15 heteroatoms. The number of ketones is 1. The van der Waals surface area contributed by atoms with E-state index in [0.717, 1.165) is 13.2 Å². The largest absolute Gasteiger partial charge is 0.460 e. The van der Waals surface area contributed by atoms with Crippen molar-refractivity contribution in [3.8, 4) is 0 Å². The molecular weight excluding hydrogens is 443 g/mol. The standard InChI is InChI=1S/C12H17F9O4S2/c1-7(22)6-26(5,8(2,3)4)25-27(23,24)12(20,21)10(15,16)9(13,14)11(17,18)19/h6H2,1-5H3. The van der Waals surface area contributed by atoms with E-state index in [0.29, 0.717) is 0 Å². The first-order valence-corrected chi connectivity index (χ1v) is 10.3. The monoisotopic (exact) mass is 460 g/mol. The van der Waals surface area contributed by atoms with E-state index in [2.05, 4.69) is 3.63 Å². The predicted molar refractivity (Wildman–Crippen MR) is 79.7 cm³/mol. The molecule has 0 aliphatic heterocycles. The summed E-state index contributed by atoms with van der Waals surface area (Å²) in [6, 6.07) is 0. The molecule has 0 radical (unpaired) electrons. The fraction of sp³-hybridized carbons (Fsp3) is 0.917. The molecule has 0 aromatic carbocycles. The van der Waals surface area contributed by atoms with Gasteiger partial charge in [-0.2, -0.15) is 47.9 Å². The molecule has 0 spiro atoms. The van der Waals surface area contributed by atoms with Crippen LogP contribution in [0.2, 0.25) is 0 Å². The molecular formula is C12H17F9O4S2. The van der Waals surface area contributed by atoms with Gasteiger partial charge in [0.15, 0.2) is 0 Å². The Morgan fingerprint density at radius 1 is 0.852 bits per heavy atom. The van der Waals surface area contributed by atoms with Gasteiger partial charge in [0.05, 0.1) is 5.75 Å². The Bertz CT molecular complexity index is 680. The molecule has 0 aliphatic carbocycles. The second-order valence-corrected chi connectivity index (χ2v) is 12.1. The molecule has 4 nitrogen and oxygen atoms in total. The summed E-state index contributed by atoms with van der Waals surface area (Å²) >= 11 is 0. The minimum atomic E-state index is -7.38. The molecule has 0 rings (SSSR count). The summed E-state index contributed by atoms with van der Waals surface area (Å²) in [5, 5.41) is -6.95. The number of Topliss-reactive ketones (excluding diaryl/α,β-unsaturated/α-hetero) is 1. The van der Waals surface area contributed by atoms with Crippen molar-refractivity contribution in [1.82, 2.24) is 0 Å². The Hall–Kier alpha value is -0.700. The molecule has 0 bridgehead atoms. The van der Waals surface area contributed by atoms with Gasteiger partial charge in [0, 0.05) is 4.75 Å². The summed E-state index contributed by atoms with van der Waals surface area (Å²) in [6.45, 7) is 4.43. The number of carbonyl (C=O) groups excluding carboxylic acids is 1. The molecule has 0 saturated heterocycles. The maximum Gasteiger partial charge on any atom is 0.460 e. The second-order valence-electron chi connectivity index (χ2n) is 6.65. The minimum Gasteiger partial charge on any atom is -0.299 e. The Labute approximate surface area is 151 Å². The lowest BCUT2D eigenvalue weighted by Crippen LogP contribution is -2.63. The van der Waals surface area contributed by atoms with Crippen molar-refractivity contribution in [3.05, 3.63) is 0 Å². The van der Waals surface area contributed by atoms with Gasteiger partial charge in [-0.1, -0.05) is 20.8 Å². The van der Waals surface area contributed by atoms with Crippen LogP contribution in [-0.2, 0) is 18.5 Å². The van der Waals surface area contributed by atoms with Crippen molar-refractivity contribution in [2.24, 2.45) is 0 Å². The number of halogens is 9. The Balaban J connectivity index is 6.38. The van der Waals surface area contributed by atoms with Crippen LogP contribution >= 0.6 is 10.3 Å². The summed E-state index contributed by atoms with van der Waals surface area (Å²) in [5.41, 5.74) is 0. The zero-order chi connectivity index (χ0) is 22.5. The molecule has 0 aliphatic rings. The van der Waals surface area contributed by atoms with Crippen molar-refractivity contribution in [1.29, 1.82) is 0 Å². The molecule has 0 amide bonds. The number of alkyl halides is 9. The van der Waals surface area contributed by atoms with E-state index in [4.69, 9.17) is 0 Å². The molecule has 0 heterocycles. The number of rotatable bonds is 7. The molecule has 0 N–H and O–H groups in total. The summed E-state index contributed by atoms with van der Waals surface area (Å²) < 4.78 is 142. The van der Waals surface area contributed by atoms with E-state index >= 15 is 0 Å². The Kier molecular flexibility index (Phi) is 6.79. The number of hydrogen-bond donors (Lipinski definition) is 0. The normalized spacial score (nSPS) is 18.7. The first-order chi connectivity index (χ1) is 11.4. The molecule has 1 unspecified atom stereocenters. The van der Waals surface area contributed by atoms with Crippen molar-refractivity contribution >= 4 is 26.2 Å². The SMILES string of the molecule is CC(=O)CS(C)(OS(=O)(=O)C(F)(F)C(F)(F)C(F)(F)C(F)(F)F)C(C)(C)C. The molecule has 27 heavy (non-hydrogen) atoms. The van der Waals surface area contributed by atoms with Crippen molar-refractivity contribution in [2.45, 2.75) is 55.7 Å². The number of hydrogen-bond acceptors (Lipinski definition) is 4. The Morgan fingerprint density at radius 3 is 1.48 bits per heavy atom. The summed E-state index contributed by atoms with van der Waals surface area (Å²) in [7, 11) is -10.5. The third-order valence-electron chi connectivity index (χ3n) is 3.44. The van der Waals surface area contributed by atoms with E-state index in [1.54, 1.807) is 0 Å². The number of carbonyl (C=O) groups is 1. The topological polar surface area (TPSA) is 60.4 Å². The van der Waals surface area contributed by atoms with E-state index in [1.165, 1.54) is 20.8 Å². The highest BCUT2D eigenvalue weighted by atomic mass is 32.3. The second kappa shape index (κ2) is 6.97. The fourth-order valence-electron chi connectivity index (χ4n) is 1.49. The van der Waals surface area contributed by atoms with Crippen molar-refractivity contribution in [3.63, 3.8) is 0 Å². The van der Waals surface area contributed by atoms with E-state index < -0.39 is 60.0 Å². The fourth-order valence-corrected chi connectivity index (χ4v) is 6.07. The highest BCUT2D eigenvalue weighted by Crippen LogP contribution is 2.62. The summed E-state index contributed by atoms with van der Waals surface area (Å²) in [4.78, 5) is 11.3. The van der Waals surface area contributed by atoms with E-state index in [-0.39, 0.29) is 0 Å². The van der Waals surface area contributed by atoms with Crippen LogP contribution < -0.4 is 0 Å². The lowest BCUT2D eigenvalue weighted by Gasteiger charge is -2.46. The molecule has 164 valence electrons. The van der Waals surface area contributed by atoms with Crippen LogP contribution in [0.1, 0.15) is 27.7 Å². The van der Waals surface area contributed by atoms with Crippen LogP contribution in [0.25, 0.3) is 0 Å². The first-order valence-electron chi connectivity index (χ1n) is 6.78. The quantitative estimate of drug-likeness (QED) is 0.525. The summed E-state index contributed by atoms with van der Waals surface area (Å²) in [6.07, 6.45) is -6.35. The van der Waals surface area contributed by atoms with Crippen LogP contribution in [0.5, 0.6) is 0 Å². The van der Waals surface area contributed by atoms with Crippen LogP contribution in [0, 0.1) is 0 Å². The van der Waals surface area contributed by atoms with Crippen LogP contribution in [-0.4, -0.2) is 54.2 Å². The van der Waals surface area contributed by atoms with Gasteiger partial charge in [0.25, 0.3) is 0 Å². The van der Waals surface area contributed by atoms with Crippen LogP contribution in [0.4, 0.5) is 39.5 Å². The van der Waals surface area contributed by atoms with Gasteiger partial charge in [0.1, 0.15) is 5.78 Å². The van der Waals surface area contributed by atoms with Crippen LogP contribution in [0.15, 0.2) is 0 Å². The van der Waals surface area contributed by atoms with Gasteiger partial charge < -0.3 is 0 Å². The summed E-state index contributed by atoms with van der Waals surface area (Å²) in [5.74, 6) is -16.4. The highest BCUT2D eigenvalue weighted by molar-refractivity contribution is 8.33. The average Bonchev–Trinajstić information content (AvgIpc) is 2.33. The third-order valence-corrected chi connectivity index (χ3v) is 9.79. The average molecular weight is 460 g/mol. The van der Waals surface area contributed by atoms with E-state index in [1.807, 2.05) is 0 Å². The van der Waals surface area contributed by atoms with E-state index in [9.17, 15) is 52.7 Å². The molecule has 0 fully saturated rings. The third kappa shape index (κ3) is 4.49. The van der Waals surface area contributed by atoms with Gasteiger partial charge >= 0.3 is 33.4 Å². The van der Waals surface area contributed by atoms with Crippen molar-refractivity contribution < 1.29 is 56.4 Å². The molecule has 1 atom stereocenters. The van der Waals surface area contributed by atoms with Gasteiger partial charge in [-0.3, -0.25) is 4.79 Å². The maximum absolute atomic E-state index is 13.7. The smallest absolute Gasteiger partial charge is 0.299 e. The first kappa shape index (κ1) is 26.3. The zero-order valence-corrected chi connectivity index (χ0v) is 16.2. The van der Waals surface area contributed by atoms with Gasteiger partial charge in [0.2, 0.25) is 0 Å². The molecule has 0 aromatic heterocycles. The zero-order valence-electron chi connectivity index (χ0n) is 14.6. The lowest BCUT2D eigenvalue weighted by molar-refractivity contribution is -0.382. The van der Waals surface area contributed by atoms with Crippen molar-refractivity contribution in [2.75, 3.05) is 12.0 Å². The minimum absolute atomic E-state index is 0.812. The Morgan fingerprint density at radius 2 is 1.22 bits per heavy atom. The maximum atomic E-state index is 13.7. The van der Waals surface area contributed by atoms with Gasteiger partial charge in [-0.15, -0.1) is 10.3 Å². The lowest BCUT2D eigenvalue weighted by atomic mass is 10.1. The highest BCUT2D eigenvalue weighted by Gasteiger charge is 2.86. The van der Waals surface area contributed by atoms with Gasteiger partial charge in [-0.25, -0.2) is 3.63 Å². The van der Waals surface area contributed by atoms with Crippen LogP contribution in [0.3, 0.4) is 0 Å². The molecule has 0 aromatic rings. The predicted octanol–water partition coefficient (Wildman–Crippen LogP) is 4.50.